The SMILES string of the molecule is Cc1cc(CN)ccc1S(=O)(=O)N1CCCC(C)C1. The summed E-state index contributed by atoms with van der Waals surface area (Å²) >= 11 is 0. The minimum atomic E-state index is -3.36. The molecular formula is C14H22N2O2S. The highest BCUT2D eigenvalue weighted by atomic mass is 32.2. The van der Waals surface area contributed by atoms with Gasteiger partial charge in [0.1, 0.15) is 0 Å². The molecule has 1 aromatic rings. The summed E-state index contributed by atoms with van der Waals surface area (Å²) in [6.07, 6.45) is 2.05. The zero-order valence-corrected chi connectivity index (χ0v) is 12.4. The molecule has 1 fully saturated rings. The molecule has 1 aliphatic rings. The van der Waals surface area contributed by atoms with Gasteiger partial charge in [0, 0.05) is 19.6 Å². The van der Waals surface area contributed by atoms with Crippen molar-refractivity contribution in [3.8, 4) is 0 Å². The number of nitrogens with two attached hydrogens (primary N) is 1. The van der Waals surface area contributed by atoms with Gasteiger partial charge in [-0.25, -0.2) is 8.42 Å². The third-order valence-electron chi connectivity index (χ3n) is 3.71. The fourth-order valence-corrected chi connectivity index (χ4v) is 4.44. The Morgan fingerprint density at radius 1 is 1.42 bits per heavy atom. The summed E-state index contributed by atoms with van der Waals surface area (Å²) in [5, 5.41) is 0. The number of piperidine rings is 1. The molecule has 1 aromatic carbocycles. The van der Waals surface area contributed by atoms with Crippen LogP contribution >= 0.6 is 0 Å². The van der Waals surface area contributed by atoms with Crippen molar-refractivity contribution in [3.63, 3.8) is 0 Å². The van der Waals surface area contributed by atoms with Gasteiger partial charge in [-0.15, -0.1) is 0 Å². The lowest BCUT2D eigenvalue weighted by molar-refractivity contribution is 0.281. The summed E-state index contributed by atoms with van der Waals surface area (Å²) in [6, 6.07) is 5.35. The lowest BCUT2D eigenvalue weighted by Gasteiger charge is -2.30. The molecule has 0 spiro atoms. The molecule has 1 atom stereocenters. The van der Waals surface area contributed by atoms with Crippen molar-refractivity contribution in [1.29, 1.82) is 0 Å². The molecule has 5 heteroatoms. The van der Waals surface area contributed by atoms with Gasteiger partial charge in [-0.05, 0) is 42.9 Å². The monoisotopic (exact) mass is 282 g/mol. The van der Waals surface area contributed by atoms with Gasteiger partial charge >= 0.3 is 0 Å². The summed E-state index contributed by atoms with van der Waals surface area (Å²) in [5.41, 5.74) is 7.32. The topological polar surface area (TPSA) is 63.4 Å². The molecule has 1 heterocycles. The summed E-state index contributed by atoms with van der Waals surface area (Å²) in [7, 11) is -3.36. The van der Waals surface area contributed by atoms with Crippen LogP contribution in [0.15, 0.2) is 23.1 Å². The van der Waals surface area contributed by atoms with Gasteiger partial charge in [0.15, 0.2) is 0 Å². The van der Waals surface area contributed by atoms with E-state index in [9.17, 15) is 8.42 Å². The first-order chi connectivity index (χ1) is 8.95. The summed E-state index contributed by atoms with van der Waals surface area (Å²) < 4.78 is 26.9. The number of sulfonamides is 1. The Labute approximate surface area is 115 Å². The van der Waals surface area contributed by atoms with Gasteiger partial charge in [0.2, 0.25) is 10.0 Å². The molecule has 0 aromatic heterocycles. The molecule has 1 saturated heterocycles. The van der Waals surface area contributed by atoms with Crippen molar-refractivity contribution < 1.29 is 8.42 Å². The molecule has 0 bridgehead atoms. The van der Waals surface area contributed by atoms with E-state index in [-0.39, 0.29) is 0 Å². The van der Waals surface area contributed by atoms with Crippen LogP contribution in [0.4, 0.5) is 0 Å². The van der Waals surface area contributed by atoms with Crippen LogP contribution in [0.25, 0.3) is 0 Å². The van der Waals surface area contributed by atoms with E-state index < -0.39 is 10.0 Å². The lowest BCUT2D eigenvalue weighted by atomic mass is 10.0. The Balaban J connectivity index is 2.33. The van der Waals surface area contributed by atoms with Gasteiger partial charge < -0.3 is 5.73 Å². The first kappa shape index (κ1) is 14.5. The van der Waals surface area contributed by atoms with Crippen LogP contribution in [-0.2, 0) is 16.6 Å². The van der Waals surface area contributed by atoms with Crippen molar-refractivity contribution >= 4 is 10.0 Å². The molecule has 0 saturated carbocycles. The number of hydrogen-bond acceptors (Lipinski definition) is 3. The van der Waals surface area contributed by atoms with Gasteiger partial charge in [-0.3, -0.25) is 0 Å². The minimum absolute atomic E-state index is 0.416. The fourth-order valence-electron chi connectivity index (χ4n) is 2.63. The van der Waals surface area contributed by atoms with E-state index in [0.717, 1.165) is 24.0 Å². The zero-order valence-electron chi connectivity index (χ0n) is 11.6. The molecule has 4 nitrogen and oxygen atoms in total. The zero-order chi connectivity index (χ0) is 14.0. The quantitative estimate of drug-likeness (QED) is 0.920. The summed E-state index contributed by atoms with van der Waals surface area (Å²) in [6.45, 7) is 5.62. The maximum atomic E-state index is 12.6. The minimum Gasteiger partial charge on any atom is -0.326 e. The van der Waals surface area contributed by atoms with Crippen LogP contribution in [0.3, 0.4) is 0 Å². The number of rotatable bonds is 3. The first-order valence-corrected chi connectivity index (χ1v) is 8.19. The van der Waals surface area contributed by atoms with Crippen LogP contribution in [0.2, 0.25) is 0 Å². The second-order valence-electron chi connectivity index (χ2n) is 5.41. The number of nitrogens with zero attached hydrogens (tertiary/aromatic N) is 1. The number of aryl methyl sites for hydroxylation is 1. The normalized spacial score (nSPS) is 21.5. The largest absolute Gasteiger partial charge is 0.326 e. The van der Waals surface area contributed by atoms with Crippen LogP contribution in [0, 0.1) is 12.8 Å². The highest BCUT2D eigenvalue weighted by Crippen LogP contribution is 2.25. The summed E-state index contributed by atoms with van der Waals surface area (Å²) in [4.78, 5) is 0.416. The van der Waals surface area contributed by atoms with E-state index >= 15 is 0 Å². The molecule has 1 unspecified atom stereocenters. The second kappa shape index (κ2) is 5.61. The van der Waals surface area contributed by atoms with Crippen LogP contribution in [-0.4, -0.2) is 25.8 Å². The maximum Gasteiger partial charge on any atom is 0.243 e. The molecule has 2 rings (SSSR count). The van der Waals surface area contributed by atoms with E-state index in [1.165, 1.54) is 0 Å². The van der Waals surface area contributed by atoms with Crippen LogP contribution < -0.4 is 5.73 Å². The fraction of sp³-hybridized carbons (Fsp3) is 0.571. The predicted octanol–water partition coefficient (Wildman–Crippen LogP) is 1.87. The Morgan fingerprint density at radius 2 is 2.16 bits per heavy atom. The smallest absolute Gasteiger partial charge is 0.243 e. The molecule has 0 radical (unpaired) electrons. The third kappa shape index (κ3) is 2.99. The van der Waals surface area contributed by atoms with E-state index in [1.54, 1.807) is 16.4 Å². The van der Waals surface area contributed by atoms with Gasteiger partial charge in [-0.2, -0.15) is 4.31 Å². The van der Waals surface area contributed by atoms with Crippen molar-refractivity contribution in [2.75, 3.05) is 13.1 Å². The molecule has 2 N–H and O–H groups in total. The first-order valence-electron chi connectivity index (χ1n) is 6.75. The highest BCUT2D eigenvalue weighted by molar-refractivity contribution is 7.89. The van der Waals surface area contributed by atoms with E-state index in [4.69, 9.17) is 5.73 Å². The van der Waals surface area contributed by atoms with Gasteiger partial charge in [0.05, 0.1) is 4.90 Å². The van der Waals surface area contributed by atoms with E-state index in [1.807, 2.05) is 13.0 Å². The van der Waals surface area contributed by atoms with Crippen molar-refractivity contribution in [2.24, 2.45) is 11.7 Å². The summed E-state index contributed by atoms with van der Waals surface area (Å²) in [5.74, 6) is 0.437. The molecule has 0 aliphatic carbocycles. The second-order valence-corrected chi connectivity index (χ2v) is 7.32. The Morgan fingerprint density at radius 3 is 2.74 bits per heavy atom. The third-order valence-corrected chi connectivity index (χ3v) is 5.74. The Hall–Kier alpha value is -0.910. The number of hydrogen-bond donors (Lipinski definition) is 1. The highest BCUT2D eigenvalue weighted by Gasteiger charge is 2.29. The Bertz CT molecular complexity index is 555. The van der Waals surface area contributed by atoms with Crippen molar-refractivity contribution in [1.82, 2.24) is 4.31 Å². The molecule has 106 valence electrons. The standard InChI is InChI=1S/C14H22N2O2S/c1-11-4-3-7-16(10-11)19(17,18)14-6-5-13(9-15)8-12(14)2/h5-6,8,11H,3-4,7,9-10,15H2,1-2H3. The molecule has 1 aliphatic heterocycles. The van der Waals surface area contributed by atoms with Gasteiger partial charge in [0.25, 0.3) is 0 Å². The molecule has 19 heavy (non-hydrogen) atoms. The number of benzene rings is 1. The Kier molecular flexibility index (Phi) is 4.28. The van der Waals surface area contributed by atoms with Crippen LogP contribution in [0.1, 0.15) is 30.9 Å². The van der Waals surface area contributed by atoms with Crippen LogP contribution in [0.5, 0.6) is 0 Å². The van der Waals surface area contributed by atoms with Crippen molar-refractivity contribution in [2.45, 2.75) is 38.1 Å². The predicted molar refractivity (Wildman–Crippen MR) is 76.2 cm³/mol. The average molecular weight is 282 g/mol. The maximum absolute atomic E-state index is 12.6. The molecule has 0 amide bonds. The van der Waals surface area contributed by atoms with E-state index in [2.05, 4.69) is 6.92 Å². The van der Waals surface area contributed by atoms with E-state index in [0.29, 0.717) is 30.4 Å². The average Bonchev–Trinajstić information content (AvgIpc) is 2.38. The van der Waals surface area contributed by atoms with Crippen molar-refractivity contribution in [3.05, 3.63) is 29.3 Å². The van der Waals surface area contributed by atoms with Gasteiger partial charge in [-0.1, -0.05) is 19.1 Å². The molecular weight excluding hydrogens is 260 g/mol. The lowest BCUT2D eigenvalue weighted by Crippen LogP contribution is -2.39.